The molecule has 0 spiro atoms. The van der Waals surface area contributed by atoms with Crippen molar-refractivity contribution in [3.05, 3.63) is 71.6 Å². The van der Waals surface area contributed by atoms with Crippen molar-refractivity contribution in [2.24, 2.45) is 0 Å². The number of hydrogen-bond acceptors (Lipinski definition) is 4. The molecule has 1 atom stereocenters. The van der Waals surface area contributed by atoms with E-state index in [1.54, 1.807) is 0 Å². The smallest absolute Gasteiger partial charge is 0.0547 e. The largest absolute Gasteiger partial charge is 0.396 e. The zero-order valence-electron chi connectivity index (χ0n) is 15.6. The molecule has 0 radical (unpaired) electrons. The molecule has 4 heteroatoms. The fourth-order valence-corrected chi connectivity index (χ4v) is 3.55. The van der Waals surface area contributed by atoms with Gasteiger partial charge in [-0.3, -0.25) is 14.8 Å². The lowest BCUT2D eigenvalue weighted by Gasteiger charge is -2.41. The summed E-state index contributed by atoms with van der Waals surface area (Å²) in [5.74, 6) is 0. The topological polar surface area (TPSA) is 39.6 Å². The first-order chi connectivity index (χ1) is 12.7. The summed E-state index contributed by atoms with van der Waals surface area (Å²) in [4.78, 5) is 9.57. The van der Waals surface area contributed by atoms with Crippen molar-refractivity contribution in [1.82, 2.24) is 14.8 Å². The summed E-state index contributed by atoms with van der Waals surface area (Å²) in [5.41, 5.74) is 3.42. The summed E-state index contributed by atoms with van der Waals surface area (Å²) in [7, 11) is 0. The number of pyridine rings is 1. The Labute approximate surface area is 156 Å². The predicted molar refractivity (Wildman–Crippen MR) is 107 cm³/mol. The van der Waals surface area contributed by atoms with E-state index in [0.717, 1.165) is 50.5 Å². The Balaban J connectivity index is 1.56. The van der Waals surface area contributed by atoms with Gasteiger partial charge in [0.25, 0.3) is 0 Å². The van der Waals surface area contributed by atoms with E-state index >= 15 is 0 Å². The number of hydrogen-bond donors (Lipinski definition) is 1. The van der Waals surface area contributed by atoms with Gasteiger partial charge in [0.1, 0.15) is 0 Å². The first-order valence-electron chi connectivity index (χ1n) is 9.46. The maximum Gasteiger partial charge on any atom is 0.0547 e. The average molecular weight is 351 g/mol. The third kappa shape index (κ3) is 5.49. The summed E-state index contributed by atoms with van der Waals surface area (Å²) < 4.78 is 0. The Bertz CT molecular complexity index is 702. The van der Waals surface area contributed by atoms with Crippen molar-refractivity contribution in [1.29, 1.82) is 0 Å². The summed E-state index contributed by atoms with van der Waals surface area (Å²) >= 11 is 0. The highest BCUT2D eigenvalue weighted by molar-refractivity contribution is 5.48. The Kier molecular flexibility index (Phi) is 6.95. The maximum atomic E-state index is 9.48. The predicted octanol–water partition coefficient (Wildman–Crippen LogP) is 2.97. The van der Waals surface area contributed by atoms with Crippen LogP contribution in [0.3, 0.4) is 0 Å². The van der Waals surface area contributed by atoms with Gasteiger partial charge in [0.15, 0.2) is 0 Å². The molecular formula is C22H29N3O. The van der Waals surface area contributed by atoms with Gasteiger partial charge in [-0.15, -0.1) is 0 Å². The van der Waals surface area contributed by atoms with E-state index < -0.39 is 0 Å². The minimum Gasteiger partial charge on any atom is -0.396 e. The fourth-order valence-electron chi connectivity index (χ4n) is 3.55. The first-order valence-corrected chi connectivity index (χ1v) is 9.46. The van der Waals surface area contributed by atoms with Crippen LogP contribution in [0.15, 0.2) is 54.6 Å². The SMILES string of the molecule is Cc1cccc(CN2CCN(C/C=C/c3ccccc3)C[C@@H]2CCO)n1. The second kappa shape index (κ2) is 9.62. The van der Waals surface area contributed by atoms with Gasteiger partial charge in [0.05, 0.1) is 5.69 Å². The maximum absolute atomic E-state index is 9.48. The summed E-state index contributed by atoms with van der Waals surface area (Å²) in [6, 6.07) is 17.0. The highest BCUT2D eigenvalue weighted by atomic mass is 16.3. The van der Waals surface area contributed by atoms with Crippen LogP contribution in [0.4, 0.5) is 0 Å². The van der Waals surface area contributed by atoms with Gasteiger partial charge in [-0.2, -0.15) is 0 Å². The Morgan fingerprint density at radius 1 is 1.12 bits per heavy atom. The second-order valence-electron chi connectivity index (χ2n) is 6.98. The van der Waals surface area contributed by atoms with Crippen LogP contribution in [-0.4, -0.2) is 58.7 Å². The number of benzene rings is 1. The van der Waals surface area contributed by atoms with Crippen molar-refractivity contribution in [3.8, 4) is 0 Å². The lowest BCUT2D eigenvalue weighted by atomic mass is 10.1. The molecule has 0 aliphatic carbocycles. The molecule has 1 aliphatic heterocycles. The van der Waals surface area contributed by atoms with Crippen molar-refractivity contribution < 1.29 is 5.11 Å². The van der Waals surface area contributed by atoms with Crippen molar-refractivity contribution in [2.75, 3.05) is 32.8 Å². The normalized spacial score (nSPS) is 19.2. The van der Waals surface area contributed by atoms with E-state index in [-0.39, 0.29) is 6.61 Å². The van der Waals surface area contributed by atoms with Crippen LogP contribution in [0, 0.1) is 6.92 Å². The monoisotopic (exact) mass is 351 g/mol. The number of nitrogens with zero attached hydrogens (tertiary/aromatic N) is 3. The zero-order valence-corrected chi connectivity index (χ0v) is 15.6. The van der Waals surface area contributed by atoms with Crippen LogP contribution < -0.4 is 0 Å². The average Bonchev–Trinajstić information content (AvgIpc) is 2.65. The molecule has 0 saturated carbocycles. The number of aliphatic hydroxyl groups excluding tert-OH is 1. The highest BCUT2D eigenvalue weighted by Gasteiger charge is 2.26. The number of piperazine rings is 1. The van der Waals surface area contributed by atoms with E-state index in [1.807, 2.05) is 19.1 Å². The standard InChI is InChI=1S/C22H29N3O/c1-19-7-5-11-21(23-19)17-25-15-14-24(18-22(25)12-16-26)13-6-10-20-8-3-2-4-9-20/h2-11,22,26H,12-18H2,1H3/b10-6+/t22-/m0/s1. The number of rotatable bonds is 7. The van der Waals surface area contributed by atoms with Crippen molar-refractivity contribution in [3.63, 3.8) is 0 Å². The molecule has 2 heterocycles. The first kappa shape index (κ1) is 18.8. The Morgan fingerprint density at radius 2 is 1.96 bits per heavy atom. The van der Waals surface area contributed by atoms with Crippen LogP contribution >= 0.6 is 0 Å². The van der Waals surface area contributed by atoms with E-state index in [9.17, 15) is 5.11 Å². The van der Waals surface area contributed by atoms with Gasteiger partial charge in [-0.25, -0.2) is 0 Å². The van der Waals surface area contributed by atoms with Gasteiger partial charge in [0, 0.05) is 51.1 Å². The lowest BCUT2D eigenvalue weighted by Crippen LogP contribution is -2.52. The van der Waals surface area contributed by atoms with Gasteiger partial charge < -0.3 is 5.11 Å². The third-order valence-corrected chi connectivity index (χ3v) is 4.94. The van der Waals surface area contributed by atoms with Crippen LogP contribution in [0.25, 0.3) is 6.08 Å². The van der Waals surface area contributed by atoms with Crippen molar-refractivity contribution in [2.45, 2.75) is 25.9 Å². The minimum atomic E-state index is 0.232. The molecule has 0 unspecified atom stereocenters. The van der Waals surface area contributed by atoms with Gasteiger partial charge >= 0.3 is 0 Å². The molecular weight excluding hydrogens is 322 g/mol. The third-order valence-electron chi connectivity index (χ3n) is 4.94. The molecule has 3 rings (SSSR count). The van der Waals surface area contributed by atoms with Crippen LogP contribution in [0.1, 0.15) is 23.4 Å². The molecule has 0 amide bonds. The summed E-state index contributed by atoms with van der Waals surface area (Å²) in [6.45, 7) is 7.13. The number of aryl methyl sites for hydroxylation is 1. The summed E-state index contributed by atoms with van der Waals surface area (Å²) in [5, 5.41) is 9.48. The van der Waals surface area contributed by atoms with E-state index in [2.05, 4.69) is 63.3 Å². The molecule has 1 N–H and O–H groups in total. The van der Waals surface area contributed by atoms with Gasteiger partial charge in [0.2, 0.25) is 0 Å². The minimum absolute atomic E-state index is 0.232. The van der Waals surface area contributed by atoms with Crippen LogP contribution in [-0.2, 0) is 6.54 Å². The molecule has 1 fully saturated rings. The quantitative estimate of drug-likeness (QED) is 0.832. The molecule has 0 bridgehead atoms. The van der Waals surface area contributed by atoms with Crippen LogP contribution in [0.2, 0.25) is 0 Å². The highest BCUT2D eigenvalue weighted by Crippen LogP contribution is 2.16. The molecule has 26 heavy (non-hydrogen) atoms. The molecule has 138 valence electrons. The molecule has 4 nitrogen and oxygen atoms in total. The van der Waals surface area contributed by atoms with Crippen molar-refractivity contribution >= 4 is 6.08 Å². The second-order valence-corrected chi connectivity index (χ2v) is 6.98. The Hall–Kier alpha value is -2.01. The molecule has 1 aliphatic rings. The van der Waals surface area contributed by atoms with Gasteiger partial charge in [-0.1, -0.05) is 48.6 Å². The van der Waals surface area contributed by atoms with Crippen LogP contribution in [0.5, 0.6) is 0 Å². The van der Waals surface area contributed by atoms with E-state index in [0.29, 0.717) is 6.04 Å². The number of aromatic nitrogens is 1. The van der Waals surface area contributed by atoms with Gasteiger partial charge in [-0.05, 0) is 31.0 Å². The molecule has 1 saturated heterocycles. The Morgan fingerprint density at radius 3 is 2.73 bits per heavy atom. The molecule has 1 aromatic heterocycles. The van der Waals surface area contributed by atoms with E-state index in [1.165, 1.54) is 5.56 Å². The zero-order chi connectivity index (χ0) is 18.2. The number of aliphatic hydroxyl groups is 1. The fraction of sp³-hybridized carbons (Fsp3) is 0.409. The lowest BCUT2D eigenvalue weighted by molar-refractivity contribution is 0.0587. The molecule has 1 aromatic carbocycles. The summed E-state index contributed by atoms with van der Waals surface area (Å²) in [6.07, 6.45) is 5.23. The van der Waals surface area contributed by atoms with E-state index in [4.69, 9.17) is 0 Å². The molecule has 2 aromatic rings.